The van der Waals surface area contributed by atoms with Crippen LogP contribution < -0.4 is 16.4 Å². The van der Waals surface area contributed by atoms with E-state index < -0.39 is 0 Å². The molecule has 3 rings (SSSR count). The lowest BCUT2D eigenvalue weighted by Gasteiger charge is -2.15. The molecule has 7 heteroatoms. The van der Waals surface area contributed by atoms with E-state index in [1.54, 1.807) is 0 Å². The number of anilines is 3. The molecule has 1 aliphatic heterocycles. The summed E-state index contributed by atoms with van der Waals surface area (Å²) in [6.45, 7) is 3.07. The molecule has 0 spiro atoms. The molecule has 0 saturated carbocycles. The molecule has 1 fully saturated rings. The number of hydrogen-bond acceptors (Lipinski definition) is 6. The van der Waals surface area contributed by atoms with Crippen molar-refractivity contribution in [2.45, 2.75) is 25.8 Å². The Morgan fingerprint density at radius 3 is 2.60 bits per heavy atom. The summed E-state index contributed by atoms with van der Waals surface area (Å²) in [5.74, 6) is 1.87. The van der Waals surface area contributed by atoms with Crippen molar-refractivity contribution in [1.29, 1.82) is 0 Å². The summed E-state index contributed by atoms with van der Waals surface area (Å²) in [5, 5.41) is 6.51. The number of nitrogens with one attached hydrogen (secondary N) is 2. The van der Waals surface area contributed by atoms with Gasteiger partial charge < -0.3 is 21.3 Å². The Balaban J connectivity index is 1.48. The van der Waals surface area contributed by atoms with Crippen molar-refractivity contribution < 1.29 is 4.79 Å². The number of nitrogens with zero attached hydrogens (tertiary/aromatic N) is 3. The molecule has 132 valence electrons. The second-order valence-corrected chi connectivity index (χ2v) is 6.10. The van der Waals surface area contributed by atoms with Gasteiger partial charge in [-0.25, -0.2) is 0 Å². The molecule has 0 radical (unpaired) electrons. The zero-order valence-electron chi connectivity index (χ0n) is 14.2. The molecule has 2 heterocycles. The van der Waals surface area contributed by atoms with Crippen LogP contribution in [0, 0.1) is 0 Å². The number of benzene rings is 1. The Morgan fingerprint density at radius 1 is 1.12 bits per heavy atom. The van der Waals surface area contributed by atoms with Gasteiger partial charge in [-0.05, 0) is 18.4 Å². The average Bonchev–Trinajstić information content (AvgIpc) is 3.02. The summed E-state index contributed by atoms with van der Waals surface area (Å²) in [4.78, 5) is 21.9. The Bertz CT molecular complexity index is 706. The maximum atomic E-state index is 11.6. The first-order chi connectivity index (χ1) is 12.2. The molecule has 0 atom stereocenters. The summed E-state index contributed by atoms with van der Waals surface area (Å²) >= 11 is 0. The Morgan fingerprint density at radius 2 is 1.88 bits per heavy atom. The molecular formula is C18H24N6O. The highest BCUT2D eigenvalue weighted by molar-refractivity contribution is 5.78. The second kappa shape index (κ2) is 8.32. The fraction of sp³-hybridized carbons (Fsp3) is 0.389. The highest BCUT2D eigenvalue weighted by Crippen LogP contribution is 2.14. The number of hydrogen-bond donors (Lipinski definition) is 3. The van der Waals surface area contributed by atoms with Gasteiger partial charge in [-0.2, -0.15) is 9.97 Å². The molecule has 1 saturated heterocycles. The van der Waals surface area contributed by atoms with Gasteiger partial charge in [-0.3, -0.25) is 4.79 Å². The van der Waals surface area contributed by atoms with Crippen LogP contribution in [0.5, 0.6) is 0 Å². The third-order valence-corrected chi connectivity index (χ3v) is 4.14. The Hall–Kier alpha value is -2.83. The molecule has 1 aromatic carbocycles. The molecule has 0 aliphatic carbocycles. The van der Waals surface area contributed by atoms with Gasteiger partial charge >= 0.3 is 0 Å². The average molecular weight is 340 g/mol. The summed E-state index contributed by atoms with van der Waals surface area (Å²) in [5.41, 5.74) is 6.97. The van der Waals surface area contributed by atoms with Gasteiger partial charge in [0, 0.05) is 38.7 Å². The number of aromatic nitrogens is 2. The van der Waals surface area contributed by atoms with Crippen molar-refractivity contribution in [2.75, 3.05) is 36.0 Å². The van der Waals surface area contributed by atoms with Gasteiger partial charge in [0.15, 0.2) is 0 Å². The standard InChI is InChI=1S/C18H24N6O/c19-18-22-15(20-9-5-11-24-10-4-8-17(24)25)12-16(23-18)21-13-14-6-2-1-3-7-14/h1-3,6-7,12H,4-5,8-11,13H2,(H4,19,20,21,22,23). The first kappa shape index (κ1) is 17.0. The molecule has 0 bridgehead atoms. The molecule has 1 aromatic heterocycles. The van der Waals surface area contributed by atoms with E-state index in [-0.39, 0.29) is 11.9 Å². The Labute approximate surface area is 147 Å². The molecule has 0 unspecified atom stereocenters. The zero-order chi connectivity index (χ0) is 17.5. The third-order valence-electron chi connectivity index (χ3n) is 4.14. The maximum absolute atomic E-state index is 11.6. The number of amides is 1. The van der Waals surface area contributed by atoms with E-state index in [2.05, 4.69) is 32.7 Å². The van der Waals surface area contributed by atoms with E-state index >= 15 is 0 Å². The van der Waals surface area contributed by atoms with Crippen molar-refractivity contribution >= 4 is 23.5 Å². The van der Waals surface area contributed by atoms with Crippen LogP contribution >= 0.6 is 0 Å². The summed E-state index contributed by atoms with van der Waals surface area (Å²) in [7, 11) is 0. The van der Waals surface area contributed by atoms with E-state index in [0.717, 1.165) is 32.5 Å². The third kappa shape index (κ3) is 5.07. The van der Waals surface area contributed by atoms with Gasteiger partial charge in [0.2, 0.25) is 11.9 Å². The first-order valence-electron chi connectivity index (χ1n) is 8.65. The Kier molecular flexibility index (Phi) is 5.66. The minimum Gasteiger partial charge on any atom is -0.370 e. The normalized spacial score (nSPS) is 13.9. The smallest absolute Gasteiger partial charge is 0.223 e. The fourth-order valence-electron chi connectivity index (χ4n) is 2.86. The minimum atomic E-state index is 0.232. The lowest BCUT2D eigenvalue weighted by molar-refractivity contribution is -0.127. The lowest BCUT2D eigenvalue weighted by Crippen LogP contribution is -2.27. The number of likely N-dealkylation sites (tertiary alicyclic amines) is 1. The fourth-order valence-corrected chi connectivity index (χ4v) is 2.86. The van der Waals surface area contributed by atoms with Crippen LogP contribution in [-0.2, 0) is 11.3 Å². The van der Waals surface area contributed by atoms with Crippen molar-refractivity contribution in [3.05, 3.63) is 42.0 Å². The largest absolute Gasteiger partial charge is 0.370 e. The van der Waals surface area contributed by atoms with Crippen LogP contribution in [0.4, 0.5) is 17.6 Å². The zero-order valence-corrected chi connectivity index (χ0v) is 14.2. The van der Waals surface area contributed by atoms with Crippen molar-refractivity contribution in [3.8, 4) is 0 Å². The highest BCUT2D eigenvalue weighted by Gasteiger charge is 2.18. The van der Waals surface area contributed by atoms with E-state index in [9.17, 15) is 4.79 Å². The predicted octanol–water partition coefficient (Wildman–Crippen LogP) is 2.10. The predicted molar refractivity (Wildman–Crippen MR) is 99.1 cm³/mol. The molecular weight excluding hydrogens is 316 g/mol. The number of carbonyl (C=O) groups excluding carboxylic acids is 1. The van der Waals surface area contributed by atoms with E-state index in [1.165, 1.54) is 5.56 Å². The van der Waals surface area contributed by atoms with Crippen LogP contribution in [0.3, 0.4) is 0 Å². The van der Waals surface area contributed by atoms with Crippen LogP contribution in [0.2, 0.25) is 0 Å². The number of rotatable bonds is 8. The van der Waals surface area contributed by atoms with E-state index in [1.807, 2.05) is 29.2 Å². The van der Waals surface area contributed by atoms with Crippen LogP contribution in [-0.4, -0.2) is 40.4 Å². The second-order valence-electron chi connectivity index (χ2n) is 6.10. The van der Waals surface area contributed by atoms with E-state index in [4.69, 9.17) is 5.73 Å². The molecule has 1 amide bonds. The lowest BCUT2D eigenvalue weighted by atomic mass is 10.2. The summed E-state index contributed by atoms with van der Waals surface area (Å²) < 4.78 is 0. The van der Waals surface area contributed by atoms with Crippen LogP contribution in [0.25, 0.3) is 0 Å². The van der Waals surface area contributed by atoms with Gasteiger partial charge in [-0.1, -0.05) is 30.3 Å². The van der Waals surface area contributed by atoms with Crippen LogP contribution in [0.1, 0.15) is 24.8 Å². The molecule has 2 aromatic rings. The quantitative estimate of drug-likeness (QED) is 0.637. The number of nitrogen functional groups attached to an aromatic ring is 1. The van der Waals surface area contributed by atoms with Crippen molar-refractivity contribution in [3.63, 3.8) is 0 Å². The minimum absolute atomic E-state index is 0.232. The first-order valence-corrected chi connectivity index (χ1v) is 8.65. The monoisotopic (exact) mass is 340 g/mol. The van der Waals surface area contributed by atoms with Crippen molar-refractivity contribution in [2.24, 2.45) is 0 Å². The topological polar surface area (TPSA) is 96.2 Å². The highest BCUT2D eigenvalue weighted by atomic mass is 16.2. The maximum Gasteiger partial charge on any atom is 0.223 e. The van der Waals surface area contributed by atoms with Gasteiger partial charge in [0.25, 0.3) is 0 Å². The van der Waals surface area contributed by atoms with Gasteiger partial charge in [0.1, 0.15) is 11.6 Å². The van der Waals surface area contributed by atoms with Crippen molar-refractivity contribution in [1.82, 2.24) is 14.9 Å². The summed E-state index contributed by atoms with van der Waals surface area (Å²) in [6, 6.07) is 11.9. The van der Waals surface area contributed by atoms with Crippen LogP contribution in [0.15, 0.2) is 36.4 Å². The number of nitrogens with two attached hydrogens (primary N) is 1. The SMILES string of the molecule is Nc1nc(NCCCN2CCCC2=O)cc(NCc2ccccc2)n1. The van der Waals surface area contributed by atoms with Gasteiger partial charge in [0.05, 0.1) is 0 Å². The molecule has 7 nitrogen and oxygen atoms in total. The van der Waals surface area contributed by atoms with E-state index in [0.29, 0.717) is 24.6 Å². The molecule has 1 aliphatic rings. The molecule has 4 N–H and O–H groups in total. The van der Waals surface area contributed by atoms with Gasteiger partial charge in [-0.15, -0.1) is 0 Å². The summed E-state index contributed by atoms with van der Waals surface area (Å²) in [6.07, 6.45) is 2.54. The number of carbonyl (C=O) groups is 1. The molecule has 25 heavy (non-hydrogen) atoms.